The van der Waals surface area contributed by atoms with Crippen molar-refractivity contribution in [3.8, 4) is 0 Å². The molecule has 2 aromatic carbocycles. The summed E-state index contributed by atoms with van der Waals surface area (Å²) in [6.45, 7) is 7.25. The molecular formula is C29H37BrO9. The normalized spacial score (nSPS) is 17.8. The smallest absolute Gasteiger partial charge is 0.302 e. The number of esters is 2. The minimum Gasteiger partial charge on any atom is -0.481 e. The number of aryl methyl sites for hydroxylation is 1. The zero-order chi connectivity index (χ0) is 29.5. The van der Waals surface area contributed by atoms with Crippen molar-refractivity contribution in [1.82, 2.24) is 0 Å². The molecule has 214 valence electrons. The number of halogens is 1. The van der Waals surface area contributed by atoms with Crippen LogP contribution in [0.25, 0.3) is 0 Å². The number of rotatable bonds is 7. The maximum atomic E-state index is 11.5. The van der Waals surface area contributed by atoms with Crippen molar-refractivity contribution < 1.29 is 43.6 Å². The molecular weight excluding hydrogens is 572 g/mol. The Balaban J connectivity index is 0.000000838. The van der Waals surface area contributed by atoms with Crippen molar-refractivity contribution >= 4 is 39.8 Å². The van der Waals surface area contributed by atoms with E-state index in [1.807, 2.05) is 12.1 Å². The summed E-state index contributed by atoms with van der Waals surface area (Å²) >= 11 is 3.67. The molecule has 0 aliphatic carbocycles. The minimum atomic E-state index is -0.833. The van der Waals surface area contributed by atoms with Gasteiger partial charge in [0.05, 0.1) is 12.2 Å². The molecule has 0 bridgehead atoms. The molecule has 39 heavy (non-hydrogen) atoms. The summed E-state index contributed by atoms with van der Waals surface area (Å²) in [7, 11) is 0. The van der Waals surface area contributed by atoms with Crippen molar-refractivity contribution in [2.24, 2.45) is 0 Å². The second-order valence-electron chi connectivity index (χ2n) is 8.99. The van der Waals surface area contributed by atoms with E-state index in [0.717, 1.165) is 42.3 Å². The molecule has 3 rings (SSSR count). The molecule has 1 saturated heterocycles. The fourth-order valence-corrected chi connectivity index (χ4v) is 4.26. The molecule has 1 heterocycles. The first kappa shape index (κ1) is 33.8. The first-order chi connectivity index (χ1) is 18.3. The van der Waals surface area contributed by atoms with Crippen molar-refractivity contribution in [3.05, 3.63) is 69.2 Å². The molecule has 0 radical (unpaired) electrons. The summed E-state index contributed by atoms with van der Waals surface area (Å²) in [6.07, 6.45) is 2.07. The summed E-state index contributed by atoms with van der Waals surface area (Å²) in [4.78, 5) is 40.7. The molecule has 3 atom stereocenters. The average Bonchev–Trinajstić information content (AvgIpc) is 2.83. The summed E-state index contributed by atoms with van der Waals surface area (Å²) < 4.78 is 17.9. The van der Waals surface area contributed by atoms with E-state index >= 15 is 0 Å². The Hall–Kier alpha value is -3.24. The van der Waals surface area contributed by atoms with Crippen LogP contribution in [0.15, 0.2) is 46.9 Å². The fraction of sp³-hybridized carbons (Fsp3) is 0.448. The van der Waals surface area contributed by atoms with Crippen LogP contribution in [0.3, 0.4) is 0 Å². The van der Waals surface area contributed by atoms with E-state index in [4.69, 9.17) is 34.0 Å². The van der Waals surface area contributed by atoms with Gasteiger partial charge in [-0.3, -0.25) is 19.2 Å². The third kappa shape index (κ3) is 14.5. The van der Waals surface area contributed by atoms with Crippen molar-refractivity contribution in [1.29, 1.82) is 0 Å². The summed E-state index contributed by atoms with van der Waals surface area (Å²) in [5.74, 6) is -2.33. The number of hydrogen-bond donors (Lipinski definition) is 2. The van der Waals surface area contributed by atoms with E-state index in [1.54, 1.807) is 0 Å². The van der Waals surface area contributed by atoms with Gasteiger partial charge in [-0.05, 0) is 41.2 Å². The molecule has 2 N–H and O–H groups in total. The maximum Gasteiger partial charge on any atom is 0.302 e. The third-order valence-electron chi connectivity index (χ3n) is 5.43. The van der Waals surface area contributed by atoms with Crippen molar-refractivity contribution in [2.75, 3.05) is 6.61 Å². The van der Waals surface area contributed by atoms with Gasteiger partial charge in [0.15, 0.2) is 0 Å². The zero-order valence-corrected chi connectivity index (χ0v) is 24.5. The molecule has 3 unspecified atom stereocenters. The van der Waals surface area contributed by atoms with E-state index in [1.165, 1.54) is 25.0 Å². The number of hydrogen-bond acceptors (Lipinski definition) is 7. The van der Waals surface area contributed by atoms with E-state index in [2.05, 4.69) is 53.2 Å². The van der Waals surface area contributed by atoms with Gasteiger partial charge in [0.25, 0.3) is 11.9 Å². The van der Waals surface area contributed by atoms with Crippen LogP contribution < -0.4 is 0 Å². The Morgan fingerprint density at radius 1 is 0.897 bits per heavy atom. The standard InChI is InChI=1S/C25H29BrO5.2C2H4O2/c1-4-18-5-7-19(8-6-18)11-21-12-20(9-10-24(21)26)25-14-22(30-17(3)28)13-23(31-25)15-29-16(2)27;2*1-2(3)4/h5-10,12,22-23,25H,4,11,13-15H2,1-3H3;2*1H3,(H,3,4). The number of carbonyl (C=O) groups excluding carboxylic acids is 2. The number of aliphatic carboxylic acids is 2. The van der Waals surface area contributed by atoms with E-state index in [9.17, 15) is 9.59 Å². The first-order valence-corrected chi connectivity index (χ1v) is 13.3. The Morgan fingerprint density at radius 2 is 1.46 bits per heavy atom. The van der Waals surface area contributed by atoms with E-state index in [-0.39, 0.29) is 36.9 Å². The quantitative estimate of drug-likeness (QED) is 0.390. The lowest BCUT2D eigenvalue weighted by molar-refractivity contribution is -0.169. The van der Waals surface area contributed by atoms with Crippen LogP contribution in [-0.2, 0) is 46.2 Å². The summed E-state index contributed by atoms with van der Waals surface area (Å²) in [5, 5.41) is 14.8. The number of carbonyl (C=O) groups is 4. The minimum absolute atomic E-state index is 0.150. The van der Waals surface area contributed by atoms with Crippen molar-refractivity contribution in [3.63, 3.8) is 0 Å². The summed E-state index contributed by atoms with van der Waals surface area (Å²) in [5.41, 5.74) is 4.75. The van der Waals surface area contributed by atoms with Gasteiger partial charge in [-0.2, -0.15) is 0 Å². The predicted octanol–water partition coefficient (Wildman–Crippen LogP) is 5.50. The van der Waals surface area contributed by atoms with Gasteiger partial charge < -0.3 is 24.4 Å². The lowest BCUT2D eigenvalue weighted by atomic mass is 9.93. The number of carboxylic acids is 2. The molecule has 0 saturated carbocycles. The van der Waals surface area contributed by atoms with Crippen LogP contribution in [0, 0.1) is 0 Å². The highest BCUT2D eigenvalue weighted by Crippen LogP contribution is 2.35. The number of ether oxygens (including phenoxy) is 3. The molecule has 1 aliphatic heterocycles. The van der Waals surface area contributed by atoms with Crippen LogP contribution in [0.2, 0.25) is 0 Å². The monoisotopic (exact) mass is 608 g/mol. The summed E-state index contributed by atoms with van der Waals surface area (Å²) in [6, 6.07) is 14.9. The van der Waals surface area contributed by atoms with Gasteiger partial charge in [0.2, 0.25) is 0 Å². The van der Waals surface area contributed by atoms with Gasteiger partial charge in [0.1, 0.15) is 12.7 Å². The average molecular weight is 610 g/mol. The Morgan fingerprint density at radius 3 is 1.97 bits per heavy atom. The van der Waals surface area contributed by atoms with Gasteiger partial charge in [-0.1, -0.05) is 59.3 Å². The second-order valence-corrected chi connectivity index (χ2v) is 9.84. The molecule has 1 aliphatic rings. The van der Waals surface area contributed by atoms with Crippen LogP contribution in [0.4, 0.5) is 0 Å². The highest BCUT2D eigenvalue weighted by Gasteiger charge is 2.33. The highest BCUT2D eigenvalue weighted by molar-refractivity contribution is 9.10. The van der Waals surface area contributed by atoms with Gasteiger partial charge >= 0.3 is 11.9 Å². The highest BCUT2D eigenvalue weighted by atomic mass is 79.9. The molecule has 10 heteroatoms. The molecule has 2 aromatic rings. The van der Waals surface area contributed by atoms with Crippen molar-refractivity contribution in [2.45, 2.75) is 78.6 Å². The second kappa shape index (κ2) is 17.4. The molecule has 0 spiro atoms. The van der Waals surface area contributed by atoms with Gasteiger partial charge in [0, 0.05) is 45.0 Å². The SMILES string of the molecule is CC(=O)O.CC(=O)O.CCc1ccc(Cc2cc(C3CC(OC(C)=O)CC(COC(C)=O)O3)ccc2Br)cc1. The lowest BCUT2D eigenvalue weighted by Crippen LogP contribution is -2.36. The Kier molecular flexibility index (Phi) is 15.0. The van der Waals surface area contributed by atoms with Crippen LogP contribution >= 0.6 is 15.9 Å². The molecule has 1 fully saturated rings. The van der Waals surface area contributed by atoms with Crippen LogP contribution in [0.1, 0.15) is 75.8 Å². The fourth-order valence-electron chi connectivity index (χ4n) is 3.88. The third-order valence-corrected chi connectivity index (χ3v) is 6.21. The lowest BCUT2D eigenvalue weighted by Gasteiger charge is -2.35. The number of benzene rings is 2. The first-order valence-electron chi connectivity index (χ1n) is 12.5. The molecule has 0 aromatic heterocycles. The van der Waals surface area contributed by atoms with Crippen LogP contribution in [-0.4, -0.2) is 52.9 Å². The molecule has 9 nitrogen and oxygen atoms in total. The Bertz CT molecular complexity index is 1080. The predicted molar refractivity (Wildman–Crippen MR) is 148 cm³/mol. The van der Waals surface area contributed by atoms with Crippen LogP contribution in [0.5, 0.6) is 0 Å². The largest absolute Gasteiger partial charge is 0.481 e. The van der Waals surface area contributed by atoms with Gasteiger partial charge in [-0.15, -0.1) is 0 Å². The maximum absolute atomic E-state index is 11.5. The zero-order valence-electron chi connectivity index (χ0n) is 22.9. The van der Waals surface area contributed by atoms with Gasteiger partial charge in [-0.25, -0.2) is 0 Å². The van der Waals surface area contributed by atoms with E-state index in [0.29, 0.717) is 12.8 Å². The number of carboxylic acid groups (broad SMARTS) is 2. The molecule has 0 amide bonds. The Labute approximate surface area is 237 Å². The van der Waals surface area contributed by atoms with E-state index < -0.39 is 11.9 Å². The topological polar surface area (TPSA) is 136 Å².